The van der Waals surface area contributed by atoms with E-state index in [1.54, 1.807) is 17.1 Å². The predicted octanol–water partition coefficient (Wildman–Crippen LogP) is 1.80. The summed E-state index contributed by atoms with van der Waals surface area (Å²) in [5.41, 5.74) is 3.25. The normalized spacial score (nSPS) is 16.8. The van der Waals surface area contributed by atoms with Crippen LogP contribution in [0.15, 0.2) is 30.6 Å². The van der Waals surface area contributed by atoms with E-state index in [2.05, 4.69) is 49.2 Å². The van der Waals surface area contributed by atoms with Crippen LogP contribution in [0.1, 0.15) is 23.9 Å². The van der Waals surface area contributed by atoms with Crippen molar-refractivity contribution < 1.29 is 4.74 Å². The van der Waals surface area contributed by atoms with Gasteiger partial charge in [0.2, 0.25) is 0 Å². The monoisotopic (exact) mass is 388 g/mol. The Kier molecular flexibility index (Phi) is 4.26. The van der Waals surface area contributed by atoms with Gasteiger partial charge in [0, 0.05) is 30.1 Å². The zero-order valence-electron chi connectivity index (χ0n) is 16.2. The molecule has 9 heteroatoms. The van der Waals surface area contributed by atoms with Crippen molar-refractivity contribution in [2.75, 3.05) is 24.7 Å². The highest BCUT2D eigenvalue weighted by molar-refractivity contribution is 5.85. The molecule has 9 nitrogen and oxygen atoms in total. The van der Waals surface area contributed by atoms with Crippen LogP contribution in [0, 0.1) is 18.8 Å². The van der Waals surface area contributed by atoms with E-state index in [4.69, 9.17) is 9.72 Å². The number of aryl methyl sites for hydroxylation is 1. The van der Waals surface area contributed by atoms with E-state index in [1.165, 1.54) is 0 Å². The van der Waals surface area contributed by atoms with Crippen LogP contribution >= 0.6 is 0 Å². The van der Waals surface area contributed by atoms with Gasteiger partial charge in [-0.3, -0.25) is 10.2 Å². The number of hydrogen-bond donors (Lipinski definition) is 2. The minimum atomic E-state index is 0.227. The van der Waals surface area contributed by atoms with Crippen LogP contribution < -0.4 is 4.90 Å². The Hall–Kier alpha value is -3.64. The number of rotatable bonds is 2. The van der Waals surface area contributed by atoms with Crippen LogP contribution in [-0.2, 0) is 4.74 Å². The minimum Gasteiger partial charge on any atom is -0.377 e. The molecule has 0 saturated carbocycles. The van der Waals surface area contributed by atoms with Gasteiger partial charge in [-0.2, -0.15) is 20.0 Å². The summed E-state index contributed by atoms with van der Waals surface area (Å²) in [6.07, 6.45) is 3.54. The van der Waals surface area contributed by atoms with Gasteiger partial charge in [0.1, 0.15) is 11.5 Å². The summed E-state index contributed by atoms with van der Waals surface area (Å²) in [6.45, 7) is 6.21. The second-order valence-corrected chi connectivity index (χ2v) is 7.06. The molecule has 4 aromatic heterocycles. The quantitative estimate of drug-likeness (QED) is 0.508. The number of aromatic nitrogens is 7. The smallest absolute Gasteiger partial charge is 0.177 e. The number of nitrogens with one attached hydrogen (secondary N) is 2. The van der Waals surface area contributed by atoms with Gasteiger partial charge in [0.15, 0.2) is 11.5 Å². The summed E-state index contributed by atoms with van der Waals surface area (Å²) in [7, 11) is 0. The van der Waals surface area contributed by atoms with Crippen molar-refractivity contribution in [1.82, 2.24) is 35.2 Å². The molecule has 2 N–H and O–H groups in total. The third-order valence-corrected chi connectivity index (χ3v) is 4.92. The second-order valence-electron chi connectivity index (χ2n) is 7.06. The molecule has 0 aliphatic carbocycles. The highest BCUT2D eigenvalue weighted by atomic mass is 16.5. The van der Waals surface area contributed by atoms with Gasteiger partial charge in [0.25, 0.3) is 0 Å². The molecular formula is C20H20N8O. The molecule has 0 radical (unpaired) electrons. The fourth-order valence-corrected chi connectivity index (χ4v) is 3.46. The van der Waals surface area contributed by atoms with Crippen molar-refractivity contribution in [3.05, 3.63) is 47.5 Å². The third kappa shape index (κ3) is 3.23. The molecule has 0 aromatic carbocycles. The standard InChI is InChI=1S/C20H20N8O/c1-13-9-16(25-24-13)4-3-15-10-19(27-7-8-29-12-14(27)2)23-20-17(15)11-22-28(20)18-5-6-21-26-18/h5-6,9-11,14H,7-8,12H2,1-2H3,(H,21,26)(H,24,25)/t14-/m1/s1. The van der Waals surface area contributed by atoms with Gasteiger partial charge in [0.05, 0.1) is 30.8 Å². The maximum absolute atomic E-state index is 5.59. The van der Waals surface area contributed by atoms with Gasteiger partial charge in [-0.05, 0) is 31.9 Å². The molecule has 1 atom stereocenters. The SMILES string of the molecule is Cc1cc(C#Cc2cc(N3CCOC[C@H]3C)nc3c2cnn3-c2cc[nH]n2)n[nH]1. The van der Waals surface area contributed by atoms with Crippen LogP contribution in [0.5, 0.6) is 0 Å². The summed E-state index contributed by atoms with van der Waals surface area (Å²) < 4.78 is 7.31. The molecule has 0 spiro atoms. The van der Waals surface area contributed by atoms with Crippen molar-refractivity contribution >= 4 is 16.9 Å². The summed E-state index contributed by atoms with van der Waals surface area (Å²) in [5.74, 6) is 7.93. The molecule has 1 saturated heterocycles. The third-order valence-electron chi connectivity index (χ3n) is 4.92. The largest absolute Gasteiger partial charge is 0.377 e. The van der Waals surface area contributed by atoms with Gasteiger partial charge < -0.3 is 9.64 Å². The summed E-state index contributed by atoms with van der Waals surface area (Å²) in [5, 5.41) is 19.6. The zero-order valence-corrected chi connectivity index (χ0v) is 16.2. The number of hydrogen-bond acceptors (Lipinski definition) is 6. The van der Waals surface area contributed by atoms with Gasteiger partial charge >= 0.3 is 0 Å². The Morgan fingerprint density at radius 2 is 2.14 bits per heavy atom. The molecule has 5 rings (SSSR count). The molecule has 146 valence electrons. The van der Waals surface area contributed by atoms with Gasteiger partial charge in [-0.25, -0.2) is 4.98 Å². The Labute approximate surface area is 167 Å². The number of aromatic amines is 2. The molecule has 0 amide bonds. The van der Waals surface area contributed by atoms with Crippen LogP contribution in [0.2, 0.25) is 0 Å². The van der Waals surface area contributed by atoms with E-state index in [0.717, 1.165) is 34.7 Å². The molecule has 1 fully saturated rings. The lowest BCUT2D eigenvalue weighted by atomic mass is 10.1. The topological polar surface area (TPSA) is 101 Å². The minimum absolute atomic E-state index is 0.227. The highest BCUT2D eigenvalue weighted by Crippen LogP contribution is 2.26. The fraction of sp³-hybridized carbons (Fsp3) is 0.300. The highest BCUT2D eigenvalue weighted by Gasteiger charge is 2.22. The van der Waals surface area contributed by atoms with Crippen molar-refractivity contribution in [3.63, 3.8) is 0 Å². The lowest BCUT2D eigenvalue weighted by Crippen LogP contribution is -2.44. The lowest BCUT2D eigenvalue weighted by molar-refractivity contribution is 0.0985. The summed E-state index contributed by atoms with van der Waals surface area (Å²) >= 11 is 0. The molecule has 5 heterocycles. The van der Waals surface area contributed by atoms with E-state index >= 15 is 0 Å². The van der Waals surface area contributed by atoms with Crippen LogP contribution in [-0.4, -0.2) is 61.0 Å². The van der Waals surface area contributed by atoms with Crippen molar-refractivity contribution in [3.8, 4) is 17.7 Å². The lowest BCUT2D eigenvalue weighted by Gasteiger charge is -2.34. The molecule has 0 bridgehead atoms. The fourth-order valence-electron chi connectivity index (χ4n) is 3.46. The first-order valence-electron chi connectivity index (χ1n) is 9.46. The van der Waals surface area contributed by atoms with Crippen LogP contribution in [0.4, 0.5) is 5.82 Å². The van der Waals surface area contributed by atoms with E-state index in [1.807, 2.05) is 25.1 Å². The number of H-pyrrole nitrogens is 2. The molecule has 1 aliphatic rings. The number of ether oxygens (including phenoxy) is 1. The molecular weight excluding hydrogens is 368 g/mol. The molecule has 0 unspecified atom stereocenters. The first-order valence-corrected chi connectivity index (χ1v) is 9.46. The second kappa shape index (κ2) is 7.07. The molecule has 4 aromatic rings. The Bertz CT molecular complexity index is 1210. The first-order chi connectivity index (χ1) is 14.2. The van der Waals surface area contributed by atoms with E-state index in [9.17, 15) is 0 Å². The molecule has 1 aliphatic heterocycles. The number of pyridine rings is 1. The Balaban J connectivity index is 1.67. The number of anilines is 1. The maximum atomic E-state index is 5.59. The van der Waals surface area contributed by atoms with Gasteiger partial charge in [-0.15, -0.1) is 0 Å². The Morgan fingerprint density at radius 1 is 1.21 bits per heavy atom. The van der Waals surface area contributed by atoms with E-state index < -0.39 is 0 Å². The van der Waals surface area contributed by atoms with Crippen LogP contribution in [0.3, 0.4) is 0 Å². The Morgan fingerprint density at radius 3 is 2.90 bits per heavy atom. The van der Waals surface area contributed by atoms with Gasteiger partial charge in [-0.1, -0.05) is 5.92 Å². The van der Waals surface area contributed by atoms with E-state index in [0.29, 0.717) is 24.7 Å². The summed E-state index contributed by atoms with van der Waals surface area (Å²) in [6, 6.07) is 6.03. The summed E-state index contributed by atoms with van der Waals surface area (Å²) in [4.78, 5) is 7.16. The number of nitrogens with zero attached hydrogens (tertiary/aromatic N) is 6. The first kappa shape index (κ1) is 17.5. The average molecular weight is 388 g/mol. The number of fused-ring (bicyclic) bond motifs is 1. The average Bonchev–Trinajstić information content (AvgIpc) is 3.47. The van der Waals surface area contributed by atoms with Crippen molar-refractivity contribution in [2.45, 2.75) is 19.9 Å². The zero-order chi connectivity index (χ0) is 19.8. The predicted molar refractivity (Wildman–Crippen MR) is 108 cm³/mol. The van der Waals surface area contributed by atoms with Crippen molar-refractivity contribution in [1.29, 1.82) is 0 Å². The van der Waals surface area contributed by atoms with Crippen LogP contribution in [0.25, 0.3) is 16.9 Å². The maximum Gasteiger partial charge on any atom is 0.177 e. The van der Waals surface area contributed by atoms with Crippen molar-refractivity contribution in [2.24, 2.45) is 0 Å². The molecule has 29 heavy (non-hydrogen) atoms. The van der Waals surface area contributed by atoms with E-state index in [-0.39, 0.29) is 6.04 Å². The number of morpholine rings is 1.